The maximum absolute atomic E-state index is 12.9. The quantitative estimate of drug-likeness (QED) is 0.823. The van der Waals surface area contributed by atoms with E-state index >= 15 is 0 Å². The number of amides is 1. The van der Waals surface area contributed by atoms with Gasteiger partial charge in [0.25, 0.3) is 0 Å². The van der Waals surface area contributed by atoms with Gasteiger partial charge >= 0.3 is 6.18 Å². The zero-order chi connectivity index (χ0) is 18.1. The van der Waals surface area contributed by atoms with Gasteiger partial charge in [-0.15, -0.1) is 0 Å². The van der Waals surface area contributed by atoms with Gasteiger partial charge in [-0.1, -0.05) is 18.2 Å². The highest BCUT2D eigenvalue weighted by Crippen LogP contribution is 2.50. The lowest BCUT2D eigenvalue weighted by atomic mass is 9.92. The lowest BCUT2D eigenvalue weighted by Crippen LogP contribution is -2.37. The van der Waals surface area contributed by atoms with Crippen LogP contribution in [0.2, 0.25) is 0 Å². The number of carbonyl (C=O) groups excluding carboxylic acids is 1. The first-order valence-corrected chi connectivity index (χ1v) is 8.15. The molecule has 0 N–H and O–H groups in total. The zero-order valence-corrected chi connectivity index (χ0v) is 13.9. The van der Waals surface area contributed by atoms with Crippen molar-refractivity contribution in [2.24, 2.45) is 0 Å². The minimum atomic E-state index is -4.40. The van der Waals surface area contributed by atoms with Crippen LogP contribution in [0.25, 0.3) is 0 Å². The van der Waals surface area contributed by atoms with Gasteiger partial charge in [-0.25, -0.2) is 0 Å². The molecular weight excluding hydrogens is 329 g/mol. The molecule has 1 aromatic carbocycles. The molecule has 1 aromatic heterocycles. The van der Waals surface area contributed by atoms with Crippen molar-refractivity contribution in [2.75, 3.05) is 13.6 Å². The molecule has 6 heteroatoms. The Kier molecular flexibility index (Phi) is 4.54. The highest BCUT2D eigenvalue weighted by Gasteiger charge is 2.52. The van der Waals surface area contributed by atoms with Crippen LogP contribution in [0.3, 0.4) is 0 Å². The normalized spacial score (nSPS) is 15.7. The second-order valence-electron chi connectivity index (χ2n) is 6.49. The van der Waals surface area contributed by atoms with E-state index in [4.69, 9.17) is 0 Å². The predicted octanol–water partition coefficient (Wildman–Crippen LogP) is 3.83. The number of hydrogen-bond donors (Lipinski definition) is 0. The number of rotatable bonds is 5. The zero-order valence-electron chi connectivity index (χ0n) is 13.9. The lowest BCUT2D eigenvalue weighted by molar-refractivity contribution is -0.138. The Morgan fingerprint density at radius 1 is 1.20 bits per heavy atom. The number of pyridine rings is 1. The molecule has 1 heterocycles. The molecule has 0 radical (unpaired) electrons. The van der Waals surface area contributed by atoms with Crippen LogP contribution >= 0.6 is 0 Å². The van der Waals surface area contributed by atoms with Crippen LogP contribution < -0.4 is 0 Å². The fourth-order valence-electron chi connectivity index (χ4n) is 3.06. The van der Waals surface area contributed by atoms with Gasteiger partial charge in [0.15, 0.2) is 0 Å². The third kappa shape index (κ3) is 3.67. The number of halogens is 3. The number of likely N-dealkylation sites (N-methyl/N-ethyl adjacent to an activating group) is 1. The molecule has 0 atom stereocenters. The second-order valence-corrected chi connectivity index (χ2v) is 6.49. The Balaban J connectivity index is 1.73. The Morgan fingerprint density at radius 2 is 1.88 bits per heavy atom. The summed E-state index contributed by atoms with van der Waals surface area (Å²) in [5.41, 5.74) is 0.0269. The maximum atomic E-state index is 12.9. The largest absolute Gasteiger partial charge is 0.416 e. The van der Waals surface area contributed by atoms with Crippen molar-refractivity contribution in [3.05, 3.63) is 65.5 Å². The lowest BCUT2D eigenvalue weighted by Gasteiger charge is -2.24. The summed E-state index contributed by atoms with van der Waals surface area (Å²) in [7, 11) is 1.71. The number of hydrogen-bond acceptors (Lipinski definition) is 2. The summed E-state index contributed by atoms with van der Waals surface area (Å²) in [6, 6.07) is 8.92. The van der Waals surface area contributed by atoms with Gasteiger partial charge in [-0.2, -0.15) is 13.2 Å². The molecule has 1 fully saturated rings. The van der Waals surface area contributed by atoms with E-state index in [1.54, 1.807) is 30.4 Å². The summed E-state index contributed by atoms with van der Waals surface area (Å²) in [6.45, 7) is 0.517. The van der Waals surface area contributed by atoms with Crippen LogP contribution in [-0.2, 0) is 22.8 Å². The Bertz CT molecular complexity index is 755. The molecule has 25 heavy (non-hydrogen) atoms. The molecule has 1 aliphatic carbocycles. The van der Waals surface area contributed by atoms with Gasteiger partial charge in [-0.05, 0) is 48.6 Å². The van der Waals surface area contributed by atoms with E-state index < -0.39 is 17.2 Å². The summed E-state index contributed by atoms with van der Waals surface area (Å²) in [5, 5.41) is 0. The van der Waals surface area contributed by atoms with Crippen LogP contribution in [0.1, 0.15) is 29.5 Å². The van der Waals surface area contributed by atoms with Crippen LogP contribution in [0.15, 0.2) is 48.8 Å². The van der Waals surface area contributed by atoms with E-state index in [-0.39, 0.29) is 5.91 Å². The van der Waals surface area contributed by atoms with Gasteiger partial charge in [0.05, 0.1) is 11.0 Å². The van der Waals surface area contributed by atoms with Crippen molar-refractivity contribution >= 4 is 5.91 Å². The van der Waals surface area contributed by atoms with Gasteiger partial charge in [0.1, 0.15) is 0 Å². The molecule has 3 rings (SSSR count). The monoisotopic (exact) mass is 348 g/mol. The molecular formula is C19H19F3N2O. The molecule has 3 nitrogen and oxygen atoms in total. The molecule has 132 valence electrons. The molecule has 1 aliphatic rings. The van der Waals surface area contributed by atoms with Gasteiger partial charge in [0, 0.05) is 26.0 Å². The molecule has 2 aromatic rings. The number of alkyl halides is 3. The molecule has 1 saturated carbocycles. The number of carbonyl (C=O) groups is 1. The number of nitrogens with zero attached hydrogens (tertiary/aromatic N) is 2. The Morgan fingerprint density at radius 3 is 2.48 bits per heavy atom. The number of aromatic nitrogens is 1. The average Bonchev–Trinajstić information content (AvgIpc) is 3.41. The van der Waals surface area contributed by atoms with Crippen molar-refractivity contribution in [1.82, 2.24) is 9.88 Å². The molecule has 1 amide bonds. The van der Waals surface area contributed by atoms with Crippen LogP contribution in [0, 0.1) is 0 Å². The van der Waals surface area contributed by atoms with E-state index in [1.165, 1.54) is 6.07 Å². The Hall–Kier alpha value is -2.37. The molecule has 0 saturated heterocycles. The molecule has 0 bridgehead atoms. The van der Waals surface area contributed by atoms with Crippen LogP contribution in [-0.4, -0.2) is 29.4 Å². The average molecular weight is 348 g/mol. The third-order valence-electron chi connectivity index (χ3n) is 4.73. The first kappa shape index (κ1) is 17.5. The SMILES string of the molecule is CN(CCc1ccncc1)C(=O)C1(c2cccc(C(F)(F)F)c2)CC1. The van der Waals surface area contributed by atoms with Crippen molar-refractivity contribution < 1.29 is 18.0 Å². The van der Waals surface area contributed by atoms with Crippen LogP contribution in [0.4, 0.5) is 13.2 Å². The van der Waals surface area contributed by atoms with Gasteiger partial charge in [0.2, 0.25) is 5.91 Å². The summed E-state index contributed by atoms with van der Waals surface area (Å²) in [5.74, 6) is -0.110. The predicted molar refractivity (Wildman–Crippen MR) is 87.9 cm³/mol. The highest BCUT2D eigenvalue weighted by atomic mass is 19.4. The second kappa shape index (κ2) is 6.50. The van der Waals surface area contributed by atoms with Crippen molar-refractivity contribution in [1.29, 1.82) is 0 Å². The fourth-order valence-corrected chi connectivity index (χ4v) is 3.06. The fraction of sp³-hybridized carbons (Fsp3) is 0.368. The summed E-state index contributed by atoms with van der Waals surface area (Å²) < 4.78 is 38.8. The molecule has 0 aliphatic heterocycles. The topological polar surface area (TPSA) is 33.2 Å². The van der Waals surface area contributed by atoms with Gasteiger partial charge in [-0.3, -0.25) is 9.78 Å². The van der Waals surface area contributed by atoms with E-state index in [0.717, 1.165) is 17.7 Å². The maximum Gasteiger partial charge on any atom is 0.416 e. The Labute approximate surface area is 144 Å². The van der Waals surface area contributed by atoms with E-state index in [2.05, 4.69) is 4.98 Å². The first-order valence-electron chi connectivity index (χ1n) is 8.15. The van der Waals surface area contributed by atoms with E-state index in [0.29, 0.717) is 31.4 Å². The molecule has 0 unspecified atom stereocenters. The minimum absolute atomic E-state index is 0.110. The number of benzene rings is 1. The van der Waals surface area contributed by atoms with Crippen molar-refractivity contribution in [2.45, 2.75) is 30.9 Å². The van der Waals surface area contributed by atoms with Crippen molar-refractivity contribution in [3.8, 4) is 0 Å². The molecule has 0 spiro atoms. The van der Waals surface area contributed by atoms with E-state index in [9.17, 15) is 18.0 Å². The minimum Gasteiger partial charge on any atom is -0.345 e. The standard InChI is InChI=1S/C19H19F3N2O/c1-24(12-7-14-5-10-23-11-6-14)17(25)18(8-9-18)15-3-2-4-16(13-15)19(20,21)22/h2-6,10-11,13H,7-9,12H2,1H3. The van der Waals surface area contributed by atoms with Crippen molar-refractivity contribution in [3.63, 3.8) is 0 Å². The van der Waals surface area contributed by atoms with E-state index in [1.807, 2.05) is 12.1 Å². The first-order chi connectivity index (χ1) is 11.8. The highest BCUT2D eigenvalue weighted by molar-refractivity contribution is 5.91. The third-order valence-corrected chi connectivity index (χ3v) is 4.73. The smallest absolute Gasteiger partial charge is 0.345 e. The van der Waals surface area contributed by atoms with Gasteiger partial charge < -0.3 is 4.90 Å². The summed E-state index contributed by atoms with van der Waals surface area (Å²) in [6.07, 6.45) is 0.857. The summed E-state index contributed by atoms with van der Waals surface area (Å²) >= 11 is 0. The van der Waals surface area contributed by atoms with Crippen LogP contribution in [0.5, 0.6) is 0 Å². The summed E-state index contributed by atoms with van der Waals surface area (Å²) in [4.78, 5) is 18.4.